The van der Waals surface area contributed by atoms with Crippen molar-refractivity contribution in [2.75, 3.05) is 5.73 Å². The topological polar surface area (TPSA) is 26.0 Å². The second kappa shape index (κ2) is 5.15. The van der Waals surface area contributed by atoms with E-state index in [1.165, 1.54) is 0 Å². The van der Waals surface area contributed by atoms with Crippen LogP contribution in [0.3, 0.4) is 0 Å². The van der Waals surface area contributed by atoms with Gasteiger partial charge in [0, 0.05) is 10.8 Å². The van der Waals surface area contributed by atoms with Gasteiger partial charge in [-0.3, -0.25) is 0 Å². The Morgan fingerprint density at radius 3 is 2.57 bits per heavy atom. The van der Waals surface area contributed by atoms with E-state index in [0.717, 1.165) is 11.3 Å². The van der Waals surface area contributed by atoms with E-state index in [4.69, 9.17) is 28.9 Å². The minimum Gasteiger partial charge on any atom is -0.397 e. The van der Waals surface area contributed by atoms with E-state index in [9.17, 15) is 0 Å². The standard InChI is InChI=1S/C10H13Cl2NS/c1-6(2)14-5-7-3-8(11)4-9(12)10(7)13/h3-4,6H,5,13H2,1-2H3. The number of anilines is 1. The van der Waals surface area contributed by atoms with E-state index >= 15 is 0 Å². The summed E-state index contributed by atoms with van der Waals surface area (Å²) in [4.78, 5) is 0. The summed E-state index contributed by atoms with van der Waals surface area (Å²) in [5, 5.41) is 1.76. The normalized spacial score (nSPS) is 10.9. The fourth-order valence-electron chi connectivity index (χ4n) is 1.01. The van der Waals surface area contributed by atoms with Crippen LogP contribution in [0.5, 0.6) is 0 Å². The number of halogens is 2. The molecule has 0 amide bonds. The van der Waals surface area contributed by atoms with Crippen LogP contribution in [0.4, 0.5) is 5.69 Å². The first-order valence-corrected chi connectivity index (χ1v) is 6.16. The van der Waals surface area contributed by atoms with Crippen molar-refractivity contribution < 1.29 is 0 Å². The van der Waals surface area contributed by atoms with Gasteiger partial charge >= 0.3 is 0 Å². The van der Waals surface area contributed by atoms with Gasteiger partial charge in [0.15, 0.2) is 0 Å². The fraction of sp³-hybridized carbons (Fsp3) is 0.400. The van der Waals surface area contributed by atoms with Crippen molar-refractivity contribution in [2.45, 2.75) is 24.9 Å². The average molecular weight is 250 g/mol. The minimum absolute atomic E-state index is 0.539. The van der Waals surface area contributed by atoms with Crippen molar-refractivity contribution in [2.24, 2.45) is 0 Å². The molecule has 1 aromatic rings. The maximum Gasteiger partial charge on any atom is 0.0653 e. The van der Waals surface area contributed by atoms with Crippen molar-refractivity contribution in [1.29, 1.82) is 0 Å². The van der Waals surface area contributed by atoms with Crippen LogP contribution in [0.15, 0.2) is 12.1 Å². The lowest BCUT2D eigenvalue weighted by Gasteiger charge is -2.09. The van der Waals surface area contributed by atoms with Crippen LogP contribution in [-0.4, -0.2) is 5.25 Å². The summed E-state index contributed by atoms with van der Waals surface area (Å²) in [6.07, 6.45) is 0. The third-order valence-corrected chi connectivity index (χ3v) is 3.43. The van der Waals surface area contributed by atoms with Crippen LogP contribution >= 0.6 is 35.0 Å². The van der Waals surface area contributed by atoms with E-state index in [1.54, 1.807) is 6.07 Å². The quantitative estimate of drug-likeness (QED) is 0.813. The highest BCUT2D eigenvalue weighted by Crippen LogP contribution is 2.30. The monoisotopic (exact) mass is 249 g/mol. The molecule has 2 N–H and O–H groups in total. The fourth-order valence-corrected chi connectivity index (χ4v) is 2.30. The molecular weight excluding hydrogens is 237 g/mol. The number of rotatable bonds is 3. The molecule has 0 aliphatic rings. The van der Waals surface area contributed by atoms with Crippen LogP contribution < -0.4 is 5.73 Å². The molecule has 1 rings (SSSR count). The van der Waals surface area contributed by atoms with Gasteiger partial charge in [0.2, 0.25) is 0 Å². The lowest BCUT2D eigenvalue weighted by molar-refractivity contribution is 1.11. The maximum atomic E-state index is 5.92. The largest absolute Gasteiger partial charge is 0.397 e. The third kappa shape index (κ3) is 3.26. The van der Waals surface area contributed by atoms with E-state index in [1.807, 2.05) is 17.8 Å². The summed E-state index contributed by atoms with van der Waals surface area (Å²) >= 11 is 13.6. The Kier molecular flexibility index (Phi) is 4.42. The number of hydrogen-bond acceptors (Lipinski definition) is 2. The Morgan fingerprint density at radius 2 is 2.00 bits per heavy atom. The third-order valence-electron chi connectivity index (χ3n) is 1.75. The van der Waals surface area contributed by atoms with Gasteiger partial charge in [0.25, 0.3) is 0 Å². The predicted molar refractivity (Wildman–Crippen MR) is 67.3 cm³/mol. The minimum atomic E-state index is 0.539. The van der Waals surface area contributed by atoms with E-state index < -0.39 is 0 Å². The lowest BCUT2D eigenvalue weighted by Crippen LogP contribution is -1.96. The molecule has 1 aromatic carbocycles. The van der Waals surface area contributed by atoms with Gasteiger partial charge in [-0.2, -0.15) is 11.8 Å². The van der Waals surface area contributed by atoms with Gasteiger partial charge < -0.3 is 5.73 Å². The summed E-state index contributed by atoms with van der Waals surface area (Å²) in [5.74, 6) is 0.851. The van der Waals surface area contributed by atoms with Gasteiger partial charge in [-0.1, -0.05) is 37.0 Å². The molecule has 0 spiro atoms. The summed E-state index contributed by atoms with van der Waals surface area (Å²) in [6.45, 7) is 4.29. The molecule has 0 unspecified atom stereocenters. The summed E-state index contributed by atoms with van der Waals surface area (Å²) in [7, 11) is 0. The highest BCUT2D eigenvalue weighted by atomic mass is 35.5. The number of nitrogen functional groups attached to an aromatic ring is 1. The van der Waals surface area contributed by atoms with Crippen LogP contribution in [0.25, 0.3) is 0 Å². The van der Waals surface area contributed by atoms with Gasteiger partial charge in [0.1, 0.15) is 0 Å². The maximum absolute atomic E-state index is 5.92. The molecule has 78 valence electrons. The molecule has 0 saturated carbocycles. The van der Waals surface area contributed by atoms with Gasteiger partial charge in [0.05, 0.1) is 10.7 Å². The highest BCUT2D eigenvalue weighted by Gasteiger charge is 2.06. The molecule has 0 aliphatic heterocycles. The first-order valence-electron chi connectivity index (χ1n) is 4.35. The molecule has 0 aromatic heterocycles. The zero-order chi connectivity index (χ0) is 10.7. The molecule has 0 fully saturated rings. The second-order valence-corrected chi connectivity index (χ2v) is 5.73. The Balaban J connectivity index is 2.85. The van der Waals surface area contributed by atoms with E-state index in [-0.39, 0.29) is 0 Å². The molecule has 14 heavy (non-hydrogen) atoms. The molecule has 4 heteroatoms. The molecule has 0 aliphatic carbocycles. The summed E-state index contributed by atoms with van der Waals surface area (Å²) in [5.41, 5.74) is 7.49. The van der Waals surface area contributed by atoms with Crippen molar-refractivity contribution in [3.8, 4) is 0 Å². The molecule has 0 radical (unpaired) electrons. The van der Waals surface area contributed by atoms with E-state index in [0.29, 0.717) is 21.0 Å². The number of thioether (sulfide) groups is 1. The molecule has 0 bridgehead atoms. The first-order chi connectivity index (χ1) is 6.50. The zero-order valence-corrected chi connectivity index (χ0v) is 10.5. The van der Waals surface area contributed by atoms with Gasteiger partial charge in [-0.15, -0.1) is 0 Å². The average Bonchev–Trinajstić information content (AvgIpc) is 2.08. The van der Waals surface area contributed by atoms with Crippen LogP contribution in [0.1, 0.15) is 19.4 Å². The number of benzene rings is 1. The van der Waals surface area contributed by atoms with Crippen molar-refractivity contribution in [3.63, 3.8) is 0 Å². The van der Waals surface area contributed by atoms with E-state index in [2.05, 4.69) is 13.8 Å². The highest BCUT2D eigenvalue weighted by molar-refractivity contribution is 7.99. The molecule has 0 heterocycles. The van der Waals surface area contributed by atoms with Gasteiger partial charge in [-0.25, -0.2) is 0 Å². The van der Waals surface area contributed by atoms with Crippen molar-refractivity contribution >= 4 is 40.7 Å². The first kappa shape index (κ1) is 12.0. The van der Waals surface area contributed by atoms with Crippen LogP contribution in [0.2, 0.25) is 10.0 Å². The lowest BCUT2D eigenvalue weighted by atomic mass is 10.2. The summed E-state index contributed by atoms with van der Waals surface area (Å²) in [6, 6.07) is 3.54. The summed E-state index contributed by atoms with van der Waals surface area (Å²) < 4.78 is 0. The Hall–Kier alpha value is -0.0500. The van der Waals surface area contributed by atoms with Gasteiger partial charge in [-0.05, 0) is 22.9 Å². The number of hydrogen-bond donors (Lipinski definition) is 1. The molecule has 0 atom stereocenters. The zero-order valence-electron chi connectivity index (χ0n) is 8.18. The molecule has 1 nitrogen and oxygen atoms in total. The van der Waals surface area contributed by atoms with Crippen molar-refractivity contribution in [3.05, 3.63) is 27.7 Å². The van der Waals surface area contributed by atoms with Crippen LogP contribution in [0, 0.1) is 0 Å². The SMILES string of the molecule is CC(C)SCc1cc(Cl)cc(Cl)c1N. The number of nitrogens with two attached hydrogens (primary N) is 1. The molecule has 0 saturated heterocycles. The predicted octanol–water partition coefficient (Wildman–Crippen LogP) is 4.22. The van der Waals surface area contributed by atoms with Crippen LogP contribution in [-0.2, 0) is 5.75 Å². The Labute approximate surface area is 99.0 Å². The Bertz CT molecular complexity index is 326. The second-order valence-electron chi connectivity index (χ2n) is 3.32. The smallest absolute Gasteiger partial charge is 0.0653 e. The van der Waals surface area contributed by atoms with Crippen molar-refractivity contribution in [1.82, 2.24) is 0 Å². The molecular formula is C10H13Cl2NS. The Morgan fingerprint density at radius 1 is 1.36 bits per heavy atom.